The van der Waals surface area contributed by atoms with E-state index in [1.54, 1.807) is 6.07 Å². The van der Waals surface area contributed by atoms with Gasteiger partial charge in [0, 0.05) is 15.7 Å². The number of carbonyl (C=O) groups is 1. The summed E-state index contributed by atoms with van der Waals surface area (Å²) >= 11 is 8.64. The van der Waals surface area contributed by atoms with Gasteiger partial charge < -0.3 is 5.32 Å². The highest BCUT2D eigenvalue weighted by atomic mass is 127. The molecule has 3 rings (SSSR count). The Kier molecular flexibility index (Phi) is 4.17. The molecular formula is C16H12ClFINO. The number of anilines is 1. The first kappa shape index (κ1) is 14.8. The highest BCUT2D eigenvalue weighted by molar-refractivity contribution is 14.1. The Morgan fingerprint density at radius 1 is 1.19 bits per heavy atom. The molecule has 0 bridgehead atoms. The maximum Gasteiger partial charge on any atom is 0.224 e. The van der Waals surface area contributed by atoms with Gasteiger partial charge >= 0.3 is 0 Å². The van der Waals surface area contributed by atoms with Gasteiger partial charge in [0.2, 0.25) is 5.91 Å². The Morgan fingerprint density at radius 3 is 2.76 bits per heavy atom. The molecule has 108 valence electrons. The summed E-state index contributed by atoms with van der Waals surface area (Å²) in [4.78, 5) is 11.4. The van der Waals surface area contributed by atoms with Gasteiger partial charge in [-0.05, 0) is 63.9 Å². The molecule has 0 radical (unpaired) electrons. The average molecular weight is 416 g/mol. The molecule has 1 unspecified atom stereocenters. The van der Waals surface area contributed by atoms with E-state index in [1.807, 2.05) is 18.2 Å². The Balaban J connectivity index is 1.95. The number of fused-ring (bicyclic) bond motifs is 1. The fourth-order valence-corrected chi connectivity index (χ4v) is 3.75. The van der Waals surface area contributed by atoms with Crippen LogP contribution in [0.15, 0.2) is 36.4 Å². The maximum atomic E-state index is 13.2. The van der Waals surface area contributed by atoms with Crippen LogP contribution in [0.1, 0.15) is 28.5 Å². The van der Waals surface area contributed by atoms with E-state index >= 15 is 0 Å². The molecule has 0 fully saturated rings. The molecule has 1 N–H and O–H groups in total. The minimum absolute atomic E-state index is 0.0470. The van der Waals surface area contributed by atoms with E-state index in [0.29, 0.717) is 6.42 Å². The lowest BCUT2D eigenvalue weighted by Crippen LogP contribution is -2.19. The second kappa shape index (κ2) is 5.93. The number of hydrogen-bond donors (Lipinski definition) is 1. The molecule has 1 heterocycles. The van der Waals surface area contributed by atoms with Gasteiger partial charge in [-0.1, -0.05) is 18.2 Å². The summed E-state index contributed by atoms with van der Waals surface area (Å²) in [6.07, 6.45) is 1.22. The Morgan fingerprint density at radius 2 is 2.00 bits per heavy atom. The SMILES string of the molecule is O=C1CCc2cc(C(Cl)c3ccc(F)cc3I)ccc2N1. The molecule has 0 saturated heterocycles. The van der Waals surface area contributed by atoms with Crippen molar-refractivity contribution in [3.05, 3.63) is 62.5 Å². The van der Waals surface area contributed by atoms with Crippen molar-refractivity contribution in [1.29, 1.82) is 0 Å². The smallest absolute Gasteiger partial charge is 0.224 e. The summed E-state index contributed by atoms with van der Waals surface area (Å²) in [5.74, 6) is -0.217. The number of hydrogen-bond acceptors (Lipinski definition) is 1. The molecule has 1 amide bonds. The number of aryl methyl sites for hydroxylation is 1. The molecule has 21 heavy (non-hydrogen) atoms. The highest BCUT2D eigenvalue weighted by Gasteiger charge is 2.19. The van der Waals surface area contributed by atoms with Crippen molar-refractivity contribution in [1.82, 2.24) is 0 Å². The van der Waals surface area contributed by atoms with E-state index in [9.17, 15) is 9.18 Å². The van der Waals surface area contributed by atoms with E-state index in [-0.39, 0.29) is 17.1 Å². The molecule has 2 aromatic carbocycles. The molecule has 0 spiro atoms. The number of nitrogens with one attached hydrogen (secondary N) is 1. The molecule has 2 nitrogen and oxygen atoms in total. The lowest BCUT2D eigenvalue weighted by atomic mass is 9.97. The van der Waals surface area contributed by atoms with Crippen LogP contribution < -0.4 is 5.32 Å². The third-order valence-electron chi connectivity index (χ3n) is 3.55. The van der Waals surface area contributed by atoms with Gasteiger partial charge in [0.15, 0.2) is 0 Å². The van der Waals surface area contributed by atoms with Crippen molar-refractivity contribution >= 4 is 45.8 Å². The van der Waals surface area contributed by atoms with Gasteiger partial charge in [-0.2, -0.15) is 0 Å². The number of benzene rings is 2. The fraction of sp³-hybridized carbons (Fsp3) is 0.188. The molecule has 0 aliphatic carbocycles. The van der Waals surface area contributed by atoms with Crippen molar-refractivity contribution in [2.45, 2.75) is 18.2 Å². The lowest BCUT2D eigenvalue weighted by molar-refractivity contribution is -0.116. The quantitative estimate of drug-likeness (QED) is 0.562. The third kappa shape index (κ3) is 3.06. The predicted octanol–water partition coefficient (Wildman–Crippen LogP) is 4.64. The number of amides is 1. The molecular weight excluding hydrogens is 404 g/mol. The second-order valence-electron chi connectivity index (χ2n) is 4.99. The second-order valence-corrected chi connectivity index (χ2v) is 6.59. The molecule has 5 heteroatoms. The number of alkyl halides is 1. The number of rotatable bonds is 2. The Labute approximate surface area is 140 Å². The van der Waals surface area contributed by atoms with Crippen LogP contribution in [0.2, 0.25) is 0 Å². The van der Waals surface area contributed by atoms with Crippen molar-refractivity contribution in [2.75, 3.05) is 5.32 Å². The number of halogens is 3. The van der Waals surface area contributed by atoms with E-state index in [0.717, 1.165) is 32.4 Å². The van der Waals surface area contributed by atoms with Crippen LogP contribution in [-0.4, -0.2) is 5.91 Å². The molecule has 1 atom stereocenters. The first-order valence-corrected chi connectivity index (χ1v) is 8.08. The summed E-state index contributed by atoms with van der Waals surface area (Å²) in [5.41, 5.74) is 3.79. The van der Waals surface area contributed by atoms with Gasteiger partial charge in [0.25, 0.3) is 0 Å². The normalized spacial score (nSPS) is 15.3. The van der Waals surface area contributed by atoms with Crippen LogP contribution in [0.5, 0.6) is 0 Å². The zero-order chi connectivity index (χ0) is 15.0. The van der Waals surface area contributed by atoms with Crippen molar-refractivity contribution in [3.8, 4) is 0 Å². The zero-order valence-corrected chi connectivity index (χ0v) is 13.9. The van der Waals surface area contributed by atoms with E-state index in [2.05, 4.69) is 27.9 Å². The van der Waals surface area contributed by atoms with Crippen molar-refractivity contribution in [3.63, 3.8) is 0 Å². The lowest BCUT2D eigenvalue weighted by Gasteiger charge is -2.19. The molecule has 1 aliphatic heterocycles. The topological polar surface area (TPSA) is 29.1 Å². The van der Waals surface area contributed by atoms with Crippen LogP contribution in [0.25, 0.3) is 0 Å². The predicted molar refractivity (Wildman–Crippen MR) is 90.2 cm³/mol. The largest absolute Gasteiger partial charge is 0.326 e. The average Bonchev–Trinajstić information content (AvgIpc) is 2.46. The molecule has 1 aliphatic rings. The van der Waals surface area contributed by atoms with Crippen LogP contribution >= 0.6 is 34.2 Å². The summed E-state index contributed by atoms with van der Waals surface area (Å²) in [6, 6.07) is 10.4. The van der Waals surface area contributed by atoms with Crippen LogP contribution in [0, 0.1) is 9.39 Å². The van der Waals surface area contributed by atoms with Crippen molar-refractivity contribution < 1.29 is 9.18 Å². The summed E-state index contributed by atoms with van der Waals surface area (Å²) in [6.45, 7) is 0. The third-order valence-corrected chi connectivity index (χ3v) is 4.97. The van der Waals surface area contributed by atoms with E-state index in [4.69, 9.17) is 11.6 Å². The summed E-state index contributed by atoms with van der Waals surface area (Å²) < 4.78 is 14.0. The first-order valence-electron chi connectivity index (χ1n) is 6.56. The van der Waals surface area contributed by atoms with Gasteiger partial charge in [-0.15, -0.1) is 11.6 Å². The fourth-order valence-electron chi connectivity index (χ4n) is 2.45. The first-order chi connectivity index (χ1) is 10.0. The summed E-state index contributed by atoms with van der Waals surface area (Å²) in [5, 5.41) is 2.52. The van der Waals surface area contributed by atoms with Gasteiger partial charge in [0.1, 0.15) is 5.82 Å². The van der Waals surface area contributed by atoms with Gasteiger partial charge in [0.05, 0.1) is 5.38 Å². The molecule has 0 saturated carbocycles. The highest BCUT2D eigenvalue weighted by Crippen LogP contribution is 2.35. The molecule has 0 aromatic heterocycles. The van der Waals surface area contributed by atoms with E-state index in [1.165, 1.54) is 12.1 Å². The monoisotopic (exact) mass is 415 g/mol. The zero-order valence-electron chi connectivity index (χ0n) is 11.0. The van der Waals surface area contributed by atoms with Crippen LogP contribution in [0.3, 0.4) is 0 Å². The minimum Gasteiger partial charge on any atom is -0.326 e. The van der Waals surface area contributed by atoms with Crippen LogP contribution in [-0.2, 0) is 11.2 Å². The van der Waals surface area contributed by atoms with Crippen molar-refractivity contribution in [2.24, 2.45) is 0 Å². The minimum atomic E-state index is -0.333. The van der Waals surface area contributed by atoms with E-state index < -0.39 is 0 Å². The van der Waals surface area contributed by atoms with Gasteiger partial charge in [-0.25, -0.2) is 4.39 Å². The van der Waals surface area contributed by atoms with Crippen LogP contribution in [0.4, 0.5) is 10.1 Å². The Bertz CT molecular complexity index is 719. The summed E-state index contributed by atoms with van der Waals surface area (Å²) in [7, 11) is 0. The standard InChI is InChI=1S/C16H12ClFINO/c17-16(12-4-3-11(18)8-13(12)19)10-1-5-14-9(7-10)2-6-15(21)20-14/h1,3-5,7-8,16H,2,6H2,(H,20,21). The number of carbonyl (C=O) groups excluding carboxylic acids is 1. The Hall–Kier alpha value is -1.14. The maximum absolute atomic E-state index is 13.2. The van der Waals surface area contributed by atoms with Gasteiger partial charge in [-0.3, -0.25) is 4.79 Å². The molecule has 2 aromatic rings.